The first kappa shape index (κ1) is 11.1. The first-order valence-corrected chi connectivity index (χ1v) is 5.05. The van der Waals surface area contributed by atoms with Crippen LogP contribution in [-0.4, -0.2) is 25.4 Å². The molecule has 17 heavy (non-hydrogen) atoms. The number of carbonyl (C=O) groups is 1. The van der Waals surface area contributed by atoms with Gasteiger partial charge >= 0.3 is 11.7 Å². The predicted molar refractivity (Wildman–Crippen MR) is 59.7 cm³/mol. The molecule has 1 aromatic heterocycles. The van der Waals surface area contributed by atoms with Crippen LogP contribution in [0.3, 0.4) is 0 Å². The fraction of sp³-hybridized carbons (Fsp3) is 0.182. The van der Waals surface area contributed by atoms with Gasteiger partial charge in [-0.3, -0.25) is 9.36 Å². The van der Waals surface area contributed by atoms with Gasteiger partial charge in [0.2, 0.25) is 0 Å². The molecule has 2 rings (SSSR count). The SMILES string of the molecule is O=C(O)Cn1ncn(Cc2ccccc2)c1=O. The molecule has 6 heteroatoms. The van der Waals surface area contributed by atoms with Crippen molar-refractivity contribution in [3.63, 3.8) is 0 Å². The summed E-state index contributed by atoms with van der Waals surface area (Å²) in [4.78, 5) is 22.2. The summed E-state index contributed by atoms with van der Waals surface area (Å²) in [7, 11) is 0. The molecule has 0 fully saturated rings. The van der Waals surface area contributed by atoms with E-state index in [9.17, 15) is 9.59 Å². The van der Waals surface area contributed by atoms with Gasteiger partial charge in [0.25, 0.3) is 0 Å². The third kappa shape index (κ3) is 2.60. The summed E-state index contributed by atoms with van der Waals surface area (Å²) in [6.45, 7) is -0.0279. The van der Waals surface area contributed by atoms with Gasteiger partial charge in [0.1, 0.15) is 12.9 Å². The minimum Gasteiger partial charge on any atom is -0.480 e. The third-order valence-electron chi connectivity index (χ3n) is 2.28. The standard InChI is InChI=1S/C11H11N3O3/c15-10(16)7-14-11(17)13(8-12-14)6-9-4-2-1-3-5-9/h1-5,8H,6-7H2,(H,15,16). The maximum atomic E-state index is 11.7. The number of carboxylic acids is 1. The number of aliphatic carboxylic acids is 1. The van der Waals surface area contributed by atoms with E-state index in [0.29, 0.717) is 6.54 Å². The van der Waals surface area contributed by atoms with Crippen molar-refractivity contribution in [1.29, 1.82) is 0 Å². The maximum Gasteiger partial charge on any atom is 0.346 e. The molecule has 1 aromatic carbocycles. The molecule has 0 saturated heterocycles. The normalized spacial score (nSPS) is 10.4. The molecule has 0 aliphatic heterocycles. The number of rotatable bonds is 4. The Morgan fingerprint density at radius 1 is 1.29 bits per heavy atom. The molecule has 6 nitrogen and oxygen atoms in total. The van der Waals surface area contributed by atoms with E-state index in [4.69, 9.17) is 5.11 Å². The van der Waals surface area contributed by atoms with E-state index in [1.807, 2.05) is 30.3 Å². The largest absolute Gasteiger partial charge is 0.480 e. The Labute approximate surface area is 96.7 Å². The molecule has 0 bridgehead atoms. The molecule has 88 valence electrons. The number of aromatic nitrogens is 3. The molecular weight excluding hydrogens is 222 g/mol. The molecule has 2 aromatic rings. The highest BCUT2D eigenvalue weighted by Gasteiger charge is 2.08. The first-order valence-electron chi connectivity index (χ1n) is 5.05. The fourth-order valence-electron chi connectivity index (χ4n) is 1.50. The van der Waals surface area contributed by atoms with Crippen LogP contribution < -0.4 is 5.69 Å². The minimum absolute atomic E-state index is 0.388. The molecule has 0 aliphatic carbocycles. The lowest BCUT2D eigenvalue weighted by atomic mass is 10.2. The maximum absolute atomic E-state index is 11.7. The summed E-state index contributed by atoms with van der Waals surface area (Å²) in [5, 5.41) is 12.3. The van der Waals surface area contributed by atoms with Crippen LogP contribution in [-0.2, 0) is 17.9 Å². The average molecular weight is 233 g/mol. The lowest BCUT2D eigenvalue weighted by Crippen LogP contribution is -2.27. The number of nitrogens with zero attached hydrogens (tertiary/aromatic N) is 3. The molecule has 1 heterocycles. The van der Waals surface area contributed by atoms with Crippen molar-refractivity contribution in [3.8, 4) is 0 Å². The highest BCUT2D eigenvalue weighted by molar-refractivity contribution is 5.66. The van der Waals surface area contributed by atoms with Crippen molar-refractivity contribution in [2.45, 2.75) is 13.1 Å². The molecule has 0 spiro atoms. The van der Waals surface area contributed by atoms with E-state index in [-0.39, 0.29) is 0 Å². The van der Waals surface area contributed by atoms with Gasteiger partial charge in [-0.2, -0.15) is 5.10 Å². The second-order valence-electron chi connectivity index (χ2n) is 3.58. The van der Waals surface area contributed by atoms with Crippen LogP contribution in [0.15, 0.2) is 41.5 Å². The van der Waals surface area contributed by atoms with Gasteiger partial charge in [-0.25, -0.2) is 9.48 Å². The van der Waals surface area contributed by atoms with E-state index in [2.05, 4.69) is 5.10 Å². The Bertz CT molecular complexity index is 571. The van der Waals surface area contributed by atoms with Gasteiger partial charge < -0.3 is 5.11 Å². The van der Waals surface area contributed by atoms with Crippen molar-refractivity contribution >= 4 is 5.97 Å². The van der Waals surface area contributed by atoms with Crippen LogP contribution in [0.4, 0.5) is 0 Å². The Balaban J connectivity index is 2.21. The Morgan fingerprint density at radius 2 is 2.00 bits per heavy atom. The third-order valence-corrected chi connectivity index (χ3v) is 2.28. The predicted octanol–water partition coefficient (Wildman–Crippen LogP) is 0.178. The lowest BCUT2D eigenvalue weighted by Gasteiger charge is -1.99. The Morgan fingerprint density at radius 3 is 2.65 bits per heavy atom. The van der Waals surface area contributed by atoms with Crippen molar-refractivity contribution in [1.82, 2.24) is 14.3 Å². The van der Waals surface area contributed by atoms with Crippen molar-refractivity contribution in [2.24, 2.45) is 0 Å². The van der Waals surface area contributed by atoms with Crippen molar-refractivity contribution in [3.05, 3.63) is 52.7 Å². The number of carboxylic acid groups (broad SMARTS) is 1. The second-order valence-corrected chi connectivity index (χ2v) is 3.58. The topological polar surface area (TPSA) is 77.1 Å². The molecule has 0 radical (unpaired) electrons. The summed E-state index contributed by atoms with van der Waals surface area (Å²) in [5.74, 6) is -1.09. The van der Waals surface area contributed by atoms with Crippen LogP contribution in [0.25, 0.3) is 0 Å². The highest BCUT2D eigenvalue weighted by atomic mass is 16.4. The molecule has 0 aliphatic rings. The number of benzene rings is 1. The summed E-state index contributed by atoms with van der Waals surface area (Å²) < 4.78 is 2.30. The molecule has 1 N–H and O–H groups in total. The molecule has 0 amide bonds. The zero-order valence-corrected chi connectivity index (χ0v) is 8.98. The first-order chi connectivity index (χ1) is 8.16. The van der Waals surface area contributed by atoms with Crippen LogP contribution in [0.5, 0.6) is 0 Å². The molecule has 0 saturated carbocycles. The molecule has 0 unspecified atom stereocenters. The molecular formula is C11H11N3O3. The average Bonchev–Trinajstić information content (AvgIpc) is 2.62. The van der Waals surface area contributed by atoms with E-state index in [1.54, 1.807) is 0 Å². The number of hydrogen-bond donors (Lipinski definition) is 1. The van der Waals surface area contributed by atoms with E-state index < -0.39 is 18.2 Å². The van der Waals surface area contributed by atoms with E-state index >= 15 is 0 Å². The summed E-state index contributed by atoms with van der Waals surface area (Å²) in [5.41, 5.74) is 0.542. The smallest absolute Gasteiger partial charge is 0.346 e. The monoisotopic (exact) mass is 233 g/mol. The zero-order chi connectivity index (χ0) is 12.3. The van der Waals surface area contributed by atoms with Crippen LogP contribution in [0.1, 0.15) is 5.56 Å². The van der Waals surface area contributed by atoms with Crippen molar-refractivity contribution < 1.29 is 9.90 Å². The molecule has 0 atom stereocenters. The van der Waals surface area contributed by atoms with Gasteiger partial charge in [0, 0.05) is 0 Å². The van der Waals surface area contributed by atoms with Crippen LogP contribution >= 0.6 is 0 Å². The van der Waals surface area contributed by atoms with Gasteiger partial charge in [0.15, 0.2) is 0 Å². The summed E-state index contributed by atoms with van der Waals surface area (Å²) >= 11 is 0. The van der Waals surface area contributed by atoms with Gasteiger partial charge in [-0.05, 0) is 5.56 Å². The summed E-state index contributed by atoms with van der Waals surface area (Å²) in [6, 6.07) is 9.42. The fourth-order valence-corrected chi connectivity index (χ4v) is 1.50. The van der Waals surface area contributed by atoms with Crippen molar-refractivity contribution in [2.75, 3.05) is 0 Å². The van der Waals surface area contributed by atoms with Gasteiger partial charge in [-0.1, -0.05) is 30.3 Å². The lowest BCUT2D eigenvalue weighted by molar-refractivity contribution is -0.137. The van der Waals surface area contributed by atoms with Crippen LogP contribution in [0, 0.1) is 0 Å². The van der Waals surface area contributed by atoms with E-state index in [1.165, 1.54) is 10.9 Å². The van der Waals surface area contributed by atoms with Gasteiger partial charge in [-0.15, -0.1) is 0 Å². The quantitative estimate of drug-likeness (QED) is 0.817. The van der Waals surface area contributed by atoms with E-state index in [0.717, 1.165) is 10.2 Å². The highest BCUT2D eigenvalue weighted by Crippen LogP contribution is 1.99. The van der Waals surface area contributed by atoms with Crippen LogP contribution in [0.2, 0.25) is 0 Å². The minimum atomic E-state index is -1.09. The van der Waals surface area contributed by atoms with Gasteiger partial charge in [0.05, 0.1) is 6.54 Å². The zero-order valence-electron chi connectivity index (χ0n) is 8.98. The Kier molecular flexibility index (Phi) is 3.04. The Hall–Kier alpha value is -2.37. The summed E-state index contributed by atoms with van der Waals surface area (Å²) in [6.07, 6.45) is 1.35. The second kappa shape index (κ2) is 4.65. The number of hydrogen-bond acceptors (Lipinski definition) is 3.